The molecular weight excluding hydrogens is 276 g/mol. The largest absolute Gasteiger partial charge is 0.457 e. The number of anilines is 1. The molecule has 3 rings (SSSR count). The maximum Gasteiger partial charge on any atom is 0.134 e. The van der Waals surface area contributed by atoms with Crippen LogP contribution in [-0.2, 0) is 0 Å². The van der Waals surface area contributed by atoms with Gasteiger partial charge in [0.05, 0.1) is 11.6 Å². The number of benzene rings is 2. The Bertz CT molecular complexity index is 838. The van der Waals surface area contributed by atoms with Crippen molar-refractivity contribution >= 4 is 5.82 Å². The van der Waals surface area contributed by atoms with Gasteiger partial charge in [-0.3, -0.25) is 0 Å². The predicted molar refractivity (Wildman–Crippen MR) is 83.1 cm³/mol. The van der Waals surface area contributed by atoms with Gasteiger partial charge in [-0.05, 0) is 35.9 Å². The zero-order valence-corrected chi connectivity index (χ0v) is 11.6. The van der Waals surface area contributed by atoms with Crippen LogP contribution in [0.25, 0.3) is 11.1 Å². The van der Waals surface area contributed by atoms with Gasteiger partial charge < -0.3 is 10.5 Å². The SMILES string of the molecule is N#Cc1cccc(Oc2ccc(-c3cncnc3N)cc2)c1. The monoisotopic (exact) mass is 288 g/mol. The summed E-state index contributed by atoms with van der Waals surface area (Å²) in [7, 11) is 0. The Kier molecular flexibility index (Phi) is 3.67. The van der Waals surface area contributed by atoms with Crippen LogP contribution in [0.15, 0.2) is 61.1 Å². The van der Waals surface area contributed by atoms with E-state index in [-0.39, 0.29) is 0 Å². The molecule has 0 fully saturated rings. The molecular formula is C17H12N4O. The molecule has 0 amide bonds. The van der Waals surface area contributed by atoms with Crippen LogP contribution in [-0.4, -0.2) is 9.97 Å². The van der Waals surface area contributed by atoms with Gasteiger partial charge in [-0.15, -0.1) is 0 Å². The van der Waals surface area contributed by atoms with Crippen molar-refractivity contribution in [1.82, 2.24) is 9.97 Å². The third kappa shape index (κ3) is 2.86. The Morgan fingerprint density at radius 1 is 1.05 bits per heavy atom. The number of hydrogen-bond donors (Lipinski definition) is 1. The molecule has 0 spiro atoms. The number of aromatic nitrogens is 2. The second-order valence-corrected chi connectivity index (χ2v) is 4.59. The number of nitrogens with zero attached hydrogens (tertiary/aromatic N) is 3. The van der Waals surface area contributed by atoms with Gasteiger partial charge in [-0.25, -0.2) is 9.97 Å². The molecule has 5 nitrogen and oxygen atoms in total. The van der Waals surface area contributed by atoms with Crippen molar-refractivity contribution in [2.24, 2.45) is 0 Å². The highest BCUT2D eigenvalue weighted by Gasteiger charge is 2.04. The van der Waals surface area contributed by atoms with Crippen LogP contribution >= 0.6 is 0 Å². The average Bonchev–Trinajstić information content (AvgIpc) is 2.56. The van der Waals surface area contributed by atoms with Crippen molar-refractivity contribution < 1.29 is 4.74 Å². The molecule has 22 heavy (non-hydrogen) atoms. The summed E-state index contributed by atoms with van der Waals surface area (Å²) in [6, 6.07) is 16.5. The van der Waals surface area contributed by atoms with Crippen molar-refractivity contribution in [2.75, 3.05) is 5.73 Å². The summed E-state index contributed by atoms with van der Waals surface area (Å²) >= 11 is 0. The van der Waals surface area contributed by atoms with Crippen LogP contribution < -0.4 is 10.5 Å². The van der Waals surface area contributed by atoms with Gasteiger partial charge >= 0.3 is 0 Å². The third-order valence-electron chi connectivity index (χ3n) is 3.11. The molecule has 106 valence electrons. The van der Waals surface area contributed by atoms with E-state index in [9.17, 15) is 0 Å². The van der Waals surface area contributed by atoms with Gasteiger partial charge in [-0.2, -0.15) is 5.26 Å². The second-order valence-electron chi connectivity index (χ2n) is 4.59. The molecule has 0 unspecified atom stereocenters. The molecule has 2 aromatic carbocycles. The molecule has 0 bridgehead atoms. The quantitative estimate of drug-likeness (QED) is 0.798. The first-order valence-corrected chi connectivity index (χ1v) is 6.60. The summed E-state index contributed by atoms with van der Waals surface area (Å²) in [5.74, 6) is 1.73. The Morgan fingerprint density at radius 3 is 2.59 bits per heavy atom. The van der Waals surface area contributed by atoms with Crippen molar-refractivity contribution in [2.45, 2.75) is 0 Å². The number of hydrogen-bond acceptors (Lipinski definition) is 5. The van der Waals surface area contributed by atoms with Gasteiger partial charge in [0.25, 0.3) is 0 Å². The summed E-state index contributed by atoms with van der Waals surface area (Å²) in [5, 5.41) is 8.89. The van der Waals surface area contributed by atoms with Crippen LogP contribution in [0.3, 0.4) is 0 Å². The fourth-order valence-electron chi connectivity index (χ4n) is 2.03. The lowest BCUT2D eigenvalue weighted by atomic mass is 10.1. The van der Waals surface area contributed by atoms with E-state index in [1.54, 1.807) is 30.5 Å². The van der Waals surface area contributed by atoms with Crippen LogP contribution in [0.5, 0.6) is 11.5 Å². The Morgan fingerprint density at radius 2 is 1.86 bits per heavy atom. The van der Waals surface area contributed by atoms with E-state index in [1.807, 2.05) is 24.3 Å². The highest BCUT2D eigenvalue weighted by atomic mass is 16.5. The normalized spacial score (nSPS) is 9.95. The minimum atomic E-state index is 0.436. The van der Waals surface area contributed by atoms with Gasteiger partial charge in [0.2, 0.25) is 0 Å². The summed E-state index contributed by atoms with van der Waals surface area (Å²) in [6.45, 7) is 0. The number of nitriles is 1. The topological polar surface area (TPSA) is 84.8 Å². The first-order chi connectivity index (χ1) is 10.8. The molecule has 0 aliphatic heterocycles. The zero-order valence-electron chi connectivity index (χ0n) is 11.6. The summed E-state index contributed by atoms with van der Waals surface area (Å²) in [4.78, 5) is 7.95. The van der Waals surface area contributed by atoms with Crippen molar-refractivity contribution in [1.29, 1.82) is 5.26 Å². The highest BCUT2D eigenvalue weighted by Crippen LogP contribution is 2.27. The van der Waals surface area contributed by atoms with E-state index in [0.29, 0.717) is 22.9 Å². The molecule has 0 aliphatic rings. The molecule has 0 atom stereocenters. The smallest absolute Gasteiger partial charge is 0.134 e. The van der Waals surface area contributed by atoms with Crippen molar-refractivity contribution in [3.63, 3.8) is 0 Å². The lowest BCUT2D eigenvalue weighted by Crippen LogP contribution is -1.94. The van der Waals surface area contributed by atoms with Gasteiger partial charge in [0.1, 0.15) is 23.6 Å². The lowest BCUT2D eigenvalue weighted by molar-refractivity contribution is 0.482. The number of rotatable bonds is 3. The summed E-state index contributed by atoms with van der Waals surface area (Å²) in [6.07, 6.45) is 3.09. The maximum atomic E-state index is 8.89. The van der Waals surface area contributed by atoms with E-state index in [4.69, 9.17) is 15.7 Å². The summed E-state index contributed by atoms with van der Waals surface area (Å²) < 4.78 is 5.73. The number of nitrogens with two attached hydrogens (primary N) is 1. The van der Waals surface area contributed by atoms with E-state index in [1.165, 1.54) is 6.33 Å². The molecule has 5 heteroatoms. The first-order valence-electron chi connectivity index (χ1n) is 6.60. The molecule has 2 N–H and O–H groups in total. The molecule has 1 heterocycles. The number of nitrogen functional groups attached to an aromatic ring is 1. The molecule has 0 aliphatic carbocycles. The molecule has 3 aromatic rings. The molecule has 0 radical (unpaired) electrons. The molecule has 0 saturated heterocycles. The van der Waals surface area contributed by atoms with E-state index < -0.39 is 0 Å². The predicted octanol–water partition coefficient (Wildman–Crippen LogP) is 3.39. The fraction of sp³-hybridized carbons (Fsp3) is 0. The minimum Gasteiger partial charge on any atom is -0.457 e. The van der Waals surface area contributed by atoms with Crippen LogP contribution in [0.2, 0.25) is 0 Å². The van der Waals surface area contributed by atoms with Crippen LogP contribution in [0, 0.1) is 11.3 Å². The second kappa shape index (κ2) is 5.94. The van der Waals surface area contributed by atoms with Crippen molar-refractivity contribution in [3.8, 4) is 28.7 Å². The average molecular weight is 288 g/mol. The van der Waals surface area contributed by atoms with Gasteiger partial charge in [0.15, 0.2) is 0 Å². The first kappa shape index (κ1) is 13.6. The Hall–Kier alpha value is -3.39. The standard InChI is InChI=1S/C17H12N4O/c18-9-12-2-1-3-15(8-12)22-14-6-4-13(5-7-14)16-10-20-11-21-17(16)19/h1-8,10-11H,(H2,19,20,21). The van der Waals surface area contributed by atoms with E-state index in [0.717, 1.165) is 11.1 Å². The fourth-order valence-corrected chi connectivity index (χ4v) is 2.03. The highest BCUT2D eigenvalue weighted by molar-refractivity contribution is 5.72. The Balaban J connectivity index is 1.83. The van der Waals surface area contributed by atoms with Gasteiger partial charge in [0, 0.05) is 11.8 Å². The lowest BCUT2D eigenvalue weighted by Gasteiger charge is -2.08. The van der Waals surface area contributed by atoms with Crippen LogP contribution in [0.4, 0.5) is 5.82 Å². The van der Waals surface area contributed by atoms with Gasteiger partial charge in [-0.1, -0.05) is 18.2 Å². The van der Waals surface area contributed by atoms with E-state index in [2.05, 4.69) is 16.0 Å². The molecule has 1 aromatic heterocycles. The zero-order chi connectivity index (χ0) is 15.4. The van der Waals surface area contributed by atoms with Crippen LogP contribution in [0.1, 0.15) is 5.56 Å². The maximum absolute atomic E-state index is 8.89. The Labute approximate surface area is 127 Å². The molecule has 0 saturated carbocycles. The third-order valence-corrected chi connectivity index (χ3v) is 3.11. The van der Waals surface area contributed by atoms with E-state index >= 15 is 0 Å². The van der Waals surface area contributed by atoms with Crippen molar-refractivity contribution in [3.05, 3.63) is 66.6 Å². The minimum absolute atomic E-state index is 0.436. The number of ether oxygens (including phenoxy) is 1. The summed E-state index contributed by atoms with van der Waals surface area (Å²) in [5.41, 5.74) is 8.08.